The summed E-state index contributed by atoms with van der Waals surface area (Å²) in [5, 5.41) is 3.10. The van der Waals surface area contributed by atoms with Crippen LogP contribution in [0.15, 0.2) is 0 Å². The highest BCUT2D eigenvalue weighted by molar-refractivity contribution is 5.71. The average Bonchev–Trinajstić information content (AvgIpc) is 2.01. The van der Waals surface area contributed by atoms with Gasteiger partial charge in [-0.25, -0.2) is 0 Å². The summed E-state index contributed by atoms with van der Waals surface area (Å²) in [6.07, 6.45) is 3.89. The summed E-state index contributed by atoms with van der Waals surface area (Å²) in [5.74, 6) is -0.182. The van der Waals surface area contributed by atoms with Crippen LogP contribution in [-0.4, -0.2) is 26.2 Å². The van der Waals surface area contributed by atoms with Gasteiger partial charge in [0.15, 0.2) is 0 Å². The maximum atomic E-state index is 10.7. The third-order valence-corrected chi connectivity index (χ3v) is 2.61. The van der Waals surface area contributed by atoms with Crippen molar-refractivity contribution in [2.24, 2.45) is 5.41 Å². The van der Waals surface area contributed by atoms with Gasteiger partial charge in [0, 0.05) is 6.54 Å². The number of hydrogen-bond donors (Lipinski definition) is 1. The molecule has 1 saturated carbocycles. The smallest absolute Gasteiger partial charge is 0.319 e. The lowest BCUT2D eigenvalue weighted by Gasteiger charge is -2.38. The molecule has 0 bridgehead atoms. The molecule has 1 aliphatic carbocycles. The molecule has 0 aromatic heterocycles. The fourth-order valence-electron chi connectivity index (χ4n) is 1.50. The second kappa shape index (κ2) is 3.90. The van der Waals surface area contributed by atoms with E-state index in [1.165, 1.54) is 26.4 Å². The first-order chi connectivity index (χ1) is 5.66. The van der Waals surface area contributed by atoms with E-state index < -0.39 is 0 Å². The highest BCUT2D eigenvalue weighted by Crippen LogP contribution is 2.39. The number of rotatable bonds is 4. The van der Waals surface area contributed by atoms with Crippen LogP contribution in [-0.2, 0) is 9.53 Å². The Kier molecular flexibility index (Phi) is 3.09. The molecule has 0 aromatic carbocycles. The van der Waals surface area contributed by atoms with Gasteiger partial charge >= 0.3 is 5.97 Å². The van der Waals surface area contributed by atoms with Gasteiger partial charge in [-0.3, -0.25) is 4.79 Å². The minimum absolute atomic E-state index is 0.182. The summed E-state index contributed by atoms with van der Waals surface area (Å²) < 4.78 is 4.52. The molecule has 0 unspecified atom stereocenters. The van der Waals surface area contributed by atoms with Gasteiger partial charge in [-0.1, -0.05) is 13.3 Å². The molecule has 0 saturated heterocycles. The highest BCUT2D eigenvalue weighted by atomic mass is 16.5. The maximum Gasteiger partial charge on any atom is 0.319 e. The molecule has 0 amide bonds. The first-order valence-corrected chi connectivity index (χ1v) is 4.44. The second-order valence-electron chi connectivity index (χ2n) is 3.84. The lowest BCUT2D eigenvalue weighted by molar-refractivity contribution is -0.139. The van der Waals surface area contributed by atoms with E-state index in [4.69, 9.17) is 0 Å². The molecule has 3 nitrogen and oxygen atoms in total. The third-order valence-electron chi connectivity index (χ3n) is 2.61. The van der Waals surface area contributed by atoms with E-state index in [1.54, 1.807) is 0 Å². The molecular weight excluding hydrogens is 154 g/mol. The normalized spacial score (nSPS) is 19.8. The van der Waals surface area contributed by atoms with Gasteiger partial charge < -0.3 is 10.1 Å². The Labute approximate surface area is 73.5 Å². The Morgan fingerprint density at radius 1 is 1.58 bits per heavy atom. The number of nitrogens with one attached hydrogen (secondary N) is 1. The molecule has 1 aliphatic rings. The van der Waals surface area contributed by atoms with Crippen molar-refractivity contribution in [3.63, 3.8) is 0 Å². The van der Waals surface area contributed by atoms with Gasteiger partial charge in [-0.05, 0) is 18.3 Å². The fourth-order valence-corrected chi connectivity index (χ4v) is 1.50. The zero-order chi connectivity index (χ0) is 9.03. The third kappa shape index (κ3) is 2.48. The molecule has 1 N–H and O–H groups in total. The van der Waals surface area contributed by atoms with Crippen LogP contribution < -0.4 is 5.32 Å². The van der Waals surface area contributed by atoms with Crippen LogP contribution in [0.4, 0.5) is 0 Å². The van der Waals surface area contributed by atoms with E-state index in [0.717, 1.165) is 6.54 Å². The van der Waals surface area contributed by atoms with E-state index in [2.05, 4.69) is 17.0 Å². The van der Waals surface area contributed by atoms with E-state index in [0.29, 0.717) is 12.0 Å². The number of carbonyl (C=O) groups is 1. The summed E-state index contributed by atoms with van der Waals surface area (Å²) in [4.78, 5) is 10.7. The molecule has 0 spiro atoms. The Balaban J connectivity index is 2.05. The Bertz CT molecular complexity index is 164. The monoisotopic (exact) mass is 171 g/mol. The van der Waals surface area contributed by atoms with Crippen molar-refractivity contribution in [1.82, 2.24) is 5.32 Å². The van der Waals surface area contributed by atoms with Crippen molar-refractivity contribution in [2.75, 3.05) is 20.2 Å². The second-order valence-corrected chi connectivity index (χ2v) is 3.84. The van der Waals surface area contributed by atoms with E-state index in [-0.39, 0.29) is 5.97 Å². The molecular formula is C9H17NO2. The van der Waals surface area contributed by atoms with Crippen LogP contribution in [0, 0.1) is 5.41 Å². The summed E-state index contributed by atoms with van der Waals surface area (Å²) in [6.45, 7) is 3.52. The van der Waals surface area contributed by atoms with Crippen molar-refractivity contribution >= 4 is 5.97 Å². The van der Waals surface area contributed by atoms with Crippen LogP contribution in [0.25, 0.3) is 0 Å². The van der Waals surface area contributed by atoms with Crippen LogP contribution in [0.1, 0.15) is 26.2 Å². The minimum Gasteiger partial charge on any atom is -0.468 e. The van der Waals surface area contributed by atoms with Gasteiger partial charge in [0.1, 0.15) is 0 Å². The number of esters is 1. The first-order valence-electron chi connectivity index (χ1n) is 4.44. The van der Waals surface area contributed by atoms with Crippen molar-refractivity contribution in [2.45, 2.75) is 26.2 Å². The predicted octanol–water partition coefficient (Wildman–Crippen LogP) is 0.939. The lowest BCUT2D eigenvalue weighted by Crippen LogP contribution is -2.39. The lowest BCUT2D eigenvalue weighted by atomic mass is 9.70. The number of hydrogen-bond acceptors (Lipinski definition) is 3. The molecule has 1 rings (SSSR count). The van der Waals surface area contributed by atoms with Gasteiger partial charge in [0.25, 0.3) is 0 Å². The van der Waals surface area contributed by atoms with E-state index >= 15 is 0 Å². The summed E-state index contributed by atoms with van der Waals surface area (Å²) in [5.41, 5.74) is 0.439. The molecule has 0 aliphatic heterocycles. The summed E-state index contributed by atoms with van der Waals surface area (Å²) in [6, 6.07) is 0. The Morgan fingerprint density at radius 3 is 2.67 bits per heavy atom. The van der Waals surface area contributed by atoms with Crippen molar-refractivity contribution in [3.8, 4) is 0 Å². The number of carbonyl (C=O) groups excluding carboxylic acids is 1. The number of ether oxygens (including phenoxy) is 1. The quantitative estimate of drug-likeness (QED) is 0.640. The molecule has 3 heteroatoms. The summed E-state index contributed by atoms with van der Waals surface area (Å²) >= 11 is 0. The SMILES string of the molecule is COC(=O)CNCC1(C)CCC1. The zero-order valence-corrected chi connectivity index (χ0v) is 7.85. The van der Waals surface area contributed by atoms with Crippen LogP contribution in [0.2, 0.25) is 0 Å². The van der Waals surface area contributed by atoms with Gasteiger partial charge in [0.2, 0.25) is 0 Å². The van der Waals surface area contributed by atoms with Gasteiger partial charge in [-0.15, -0.1) is 0 Å². The minimum atomic E-state index is -0.182. The van der Waals surface area contributed by atoms with Gasteiger partial charge in [-0.2, -0.15) is 0 Å². The fraction of sp³-hybridized carbons (Fsp3) is 0.889. The Hall–Kier alpha value is -0.570. The van der Waals surface area contributed by atoms with E-state index in [9.17, 15) is 4.79 Å². The molecule has 12 heavy (non-hydrogen) atoms. The predicted molar refractivity (Wildman–Crippen MR) is 46.8 cm³/mol. The highest BCUT2D eigenvalue weighted by Gasteiger charge is 2.31. The maximum absolute atomic E-state index is 10.7. The Morgan fingerprint density at radius 2 is 2.25 bits per heavy atom. The number of methoxy groups -OCH3 is 1. The molecule has 0 radical (unpaired) electrons. The van der Waals surface area contributed by atoms with Crippen molar-refractivity contribution < 1.29 is 9.53 Å². The molecule has 1 fully saturated rings. The molecule has 0 heterocycles. The summed E-state index contributed by atoms with van der Waals surface area (Å²) in [7, 11) is 1.41. The molecule has 0 atom stereocenters. The van der Waals surface area contributed by atoms with Crippen LogP contribution in [0.5, 0.6) is 0 Å². The van der Waals surface area contributed by atoms with Crippen molar-refractivity contribution in [3.05, 3.63) is 0 Å². The van der Waals surface area contributed by atoms with Gasteiger partial charge in [0.05, 0.1) is 13.7 Å². The van der Waals surface area contributed by atoms with Crippen molar-refractivity contribution in [1.29, 1.82) is 0 Å². The van der Waals surface area contributed by atoms with Crippen LogP contribution >= 0.6 is 0 Å². The largest absolute Gasteiger partial charge is 0.468 e. The first kappa shape index (κ1) is 9.52. The standard InChI is InChI=1S/C9H17NO2/c1-9(4-3-5-9)7-10-6-8(11)12-2/h10H,3-7H2,1-2H3. The topological polar surface area (TPSA) is 38.3 Å². The molecule has 0 aromatic rings. The van der Waals surface area contributed by atoms with Crippen LogP contribution in [0.3, 0.4) is 0 Å². The average molecular weight is 171 g/mol. The van der Waals surface area contributed by atoms with E-state index in [1.807, 2.05) is 0 Å². The zero-order valence-electron chi connectivity index (χ0n) is 7.85. The molecule has 70 valence electrons.